The topological polar surface area (TPSA) is 32.3 Å². The Balaban J connectivity index is 1.72. The zero-order valence-electron chi connectivity index (χ0n) is 10.2. The molecular formula is C13H22N2O. The minimum absolute atomic E-state index is 0.0188. The molecule has 0 unspecified atom stereocenters. The minimum Gasteiger partial charge on any atom is -0.337 e. The van der Waals surface area contributed by atoms with E-state index < -0.39 is 0 Å². The number of carbonyl (C=O) groups is 1. The summed E-state index contributed by atoms with van der Waals surface area (Å²) < 4.78 is 0. The van der Waals surface area contributed by atoms with Crippen molar-refractivity contribution in [2.45, 2.75) is 57.0 Å². The van der Waals surface area contributed by atoms with Gasteiger partial charge in [-0.2, -0.15) is 0 Å². The fourth-order valence-corrected chi connectivity index (χ4v) is 4.09. The molecule has 3 rings (SSSR count). The van der Waals surface area contributed by atoms with E-state index in [4.69, 9.17) is 0 Å². The van der Waals surface area contributed by atoms with Gasteiger partial charge in [0, 0.05) is 0 Å². The van der Waals surface area contributed by atoms with Crippen LogP contribution in [0.2, 0.25) is 0 Å². The molecule has 0 bridgehead atoms. The van der Waals surface area contributed by atoms with Crippen LogP contribution in [0.1, 0.15) is 51.4 Å². The summed E-state index contributed by atoms with van der Waals surface area (Å²) in [6, 6.07) is 0. The molecular weight excluding hydrogens is 200 g/mol. The first kappa shape index (κ1) is 10.6. The first-order chi connectivity index (χ1) is 7.64. The molecule has 0 atom stereocenters. The van der Waals surface area contributed by atoms with Crippen molar-refractivity contribution in [2.75, 3.05) is 13.6 Å². The number of nitrogens with one attached hydrogen (secondary N) is 1. The lowest BCUT2D eigenvalue weighted by atomic mass is 9.69. The maximum absolute atomic E-state index is 11.5. The summed E-state index contributed by atoms with van der Waals surface area (Å²) >= 11 is 0. The minimum atomic E-state index is 0.0188. The molecule has 3 nitrogen and oxygen atoms in total. The van der Waals surface area contributed by atoms with E-state index >= 15 is 0 Å². The number of amides is 1. The molecule has 16 heavy (non-hydrogen) atoms. The molecule has 1 amide bonds. The number of likely N-dealkylation sites (N-methyl/N-ethyl adjacent to an activating group) is 1. The van der Waals surface area contributed by atoms with Gasteiger partial charge in [0.1, 0.15) is 0 Å². The summed E-state index contributed by atoms with van der Waals surface area (Å²) in [5.74, 6) is 0.213. The third kappa shape index (κ3) is 1.48. The molecule has 1 aliphatic heterocycles. The fraction of sp³-hybridized carbons (Fsp3) is 0.923. The van der Waals surface area contributed by atoms with Crippen molar-refractivity contribution in [2.24, 2.45) is 5.41 Å². The Bertz CT molecular complexity index is 297. The lowest BCUT2D eigenvalue weighted by Gasteiger charge is -2.46. The van der Waals surface area contributed by atoms with E-state index in [1.165, 1.54) is 38.5 Å². The van der Waals surface area contributed by atoms with Crippen LogP contribution in [0, 0.1) is 5.41 Å². The standard InChI is InChI=1S/C13H22N2O/c1-15-10-11(16)14-13(15)8-6-12(7-9-13)4-2-3-5-12/h2-10H2,1H3,(H,14,16). The summed E-state index contributed by atoms with van der Waals surface area (Å²) in [4.78, 5) is 13.7. The van der Waals surface area contributed by atoms with Crippen molar-refractivity contribution in [3.05, 3.63) is 0 Å². The third-order valence-electron chi connectivity index (χ3n) is 5.29. The first-order valence-corrected chi connectivity index (χ1v) is 6.67. The quantitative estimate of drug-likeness (QED) is 0.678. The average Bonchev–Trinajstić information content (AvgIpc) is 2.80. The molecule has 0 aromatic carbocycles. The molecule has 2 spiro atoms. The summed E-state index contributed by atoms with van der Waals surface area (Å²) in [6.45, 7) is 0.590. The predicted molar refractivity (Wildman–Crippen MR) is 62.9 cm³/mol. The summed E-state index contributed by atoms with van der Waals surface area (Å²) in [5, 5.41) is 3.21. The van der Waals surface area contributed by atoms with Gasteiger partial charge in [-0.1, -0.05) is 12.8 Å². The van der Waals surface area contributed by atoms with Gasteiger partial charge in [-0.15, -0.1) is 0 Å². The van der Waals surface area contributed by atoms with E-state index in [9.17, 15) is 4.79 Å². The second-order valence-corrected chi connectivity index (χ2v) is 6.14. The number of nitrogens with zero attached hydrogens (tertiary/aromatic N) is 1. The fourth-order valence-electron chi connectivity index (χ4n) is 4.09. The maximum atomic E-state index is 11.5. The van der Waals surface area contributed by atoms with Crippen molar-refractivity contribution in [3.8, 4) is 0 Å². The van der Waals surface area contributed by atoms with Crippen molar-refractivity contribution in [1.29, 1.82) is 0 Å². The Morgan fingerprint density at radius 3 is 2.19 bits per heavy atom. The SMILES string of the molecule is CN1CC(=O)NC12CCC1(CCCC1)CC2. The van der Waals surface area contributed by atoms with Crippen LogP contribution in [-0.2, 0) is 4.79 Å². The summed E-state index contributed by atoms with van der Waals surface area (Å²) in [7, 11) is 2.09. The Labute approximate surface area is 97.6 Å². The van der Waals surface area contributed by atoms with Crippen molar-refractivity contribution < 1.29 is 4.79 Å². The molecule has 3 heteroatoms. The summed E-state index contributed by atoms with van der Waals surface area (Å²) in [5.41, 5.74) is 0.671. The van der Waals surface area contributed by atoms with E-state index in [-0.39, 0.29) is 11.6 Å². The van der Waals surface area contributed by atoms with Gasteiger partial charge in [-0.3, -0.25) is 9.69 Å². The molecule has 0 aromatic rings. The van der Waals surface area contributed by atoms with E-state index in [1.54, 1.807) is 0 Å². The molecule has 1 heterocycles. The highest BCUT2D eigenvalue weighted by molar-refractivity contribution is 5.81. The Morgan fingerprint density at radius 1 is 1.06 bits per heavy atom. The molecule has 1 saturated heterocycles. The van der Waals surface area contributed by atoms with E-state index in [0.29, 0.717) is 12.0 Å². The zero-order valence-corrected chi connectivity index (χ0v) is 10.2. The van der Waals surface area contributed by atoms with E-state index in [2.05, 4.69) is 17.3 Å². The predicted octanol–water partition coefficient (Wildman–Crippen LogP) is 1.88. The van der Waals surface area contributed by atoms with Gasteiger partial charge < -0.3 is 5.32 Å². The zero-order chi connectivity index (χ0) is 11.2. The van der Waals surface area contributed by atoms with Gasteiger partial charge in [0.15, 0.2) is 0 Å². The molecule has 2 aliphatic carbocycles. The van der Waals surface area contributed by atoms with Crippen LogP contribution >= 0.6 is 0 Å². The monoisotopic (exact) mass is 222 g/mol. The van der Waals surface area contributed by atoms with Gasteiger partial charge in [-0.05, 0) is 51.0 Å². The van der Waals surface area contributed by atoms with Gasteiger partial charge in [-0.25, -0.2) is 0 Å². The van der Waals surface area contributed by atoms with Crippen LogP contribution in [0.3, 0.4) is 0 Å². The van der Waals surface area contributed by atoms with Crippen molar-refractivity contribution in [3.63, 3.8) is 0 Å². The Hall–Kier alpha value is -0.570. The van der Waals surface area contributed by atoms with Crippen LogP contribution < -0.4 is 5.32 Å². The first-order valence-electron chi connectivity index (χ1n) is 6.67. The molecule has 90 valence electrons. The highest BCUT2D eigenvalue weighted by atomic mass is 16.2. The van der Waals surface area contributed by atoms with Crippen LogP contribution in [0.15, 0.2) is 0 Å². The van der Waals surface area contributed by atoms with Crippen molar-refractivity contribution >= 4 is 5.91 Å². The molecule has 2 saturated carbocycles. The van der Waals surface area contributed by atoms with Crippen molar-refractivity contribution in [1.82, 2.24) is 10.2 Å². The molecule has 3 fully saturated rings. The lowest BCUT2D eigenvalue weighted by Crippen LogP contribution is -2.54. The van der Waals surface area contributed by atoms with Crippen LogP contribution in [0.25, 0.3) is 0 Å². The average molecular weight is 222 g/mol. The highest BCUT2D eigenvalue weighted by Gasteiger charge is 2.49. The van der Waals surface area contributed by atoms with Crippen LogP contribution in [0.4, 0.5) is 0 Å². The number of rotatable bonds is 0. The summed E-state index contributed by atoms with van der Waals surface area (Å²) in [6.07, 6.45) is 10.7. The lowest BCUT2D eigenvalue weighted by molar-refractivity contribution is -0.119. The van der Waals surface area contributed by atoms with E-state index in [1.807, 2.05) is 0 Å². The van der Waals surface area contributed by atoms with Gasteiger partial charge in [0.2, 0.25) is 5.91 Å². The number of hydrogen-bond acceptors (Lipinski definition) is 2. The second-order valence-electron chi connectivity index (χ2n) is 6.14. The molecule has 0 aromatic heterocycles. The van der Waals surface area contributed by atoms with Crippen LogP contribution in [0.5, 0.6) is 0 Å². The van der Waals surface area contributed by atoms with Gasteiger partial charge >= 0.3 is 0 Å². The van der Waals surface area contributed by atoms with Crippen LogP contribution in [-0.4, -0.2) is 30.1 Å². The second kappa shape index (κ2) is 3.46. The highest BCUT2D eigenvalue weighted by Crippen LogP contribution is 2.52. The Kier molecular flexibility index (Phi) is 2.29. The number of hydrogen-bond donors (Lipinski definition) is 1. The molecule has 3 aliphatic rings. The van der Waals surface area contributed by atoms with Gasteiger partial charge in [0.25, 0.3) is 0 Å². The smallest absolute Gasteiger partial charge is 0.235 e. The molecule has 1 N–H and O–H groups in total. The normalized spacial score (nSPS) is 32.4. The van der Waals surface area contributed by atoms with E-state index in [0.717, 1.165) is 12.8 Å². The largest absolute Gasteiger partial charge is 0.337 e. The number of carbonyl (C=O) groups excluding carboxylic acids is 1. The maximum Gasteiger partial charge on any atom is 0.235 e. The third-order valence-corrected chi connectivity index (χ3v) is 5.29. The molecule has 0 radical (unpaired) electrons. The van der Waals surface area contributed by atoms with Gasteiger partial charge in [0.05, 0.1) is 12.2 Å². The Morgan fingerprint density at radius 2 is 1.69 bits per heavy atom.